The molecule has 0 unspecified atom stereocenters. The number of halogens is 1. The highest BCUT2D eigenvalue weighted by atomic mass is 19.1. The number of rotatable bonds is 8. The molecule has 160 valence electrons. The molecule has 4 aromatic rings. The van der Waals surface area contributed by atoms with Crippen LogP contribution in [0.2, 0.25) is 0 Å². The zero-order valence-corrected chi connectivity index (χ0v) is 17.4. The van der Waals surface area contributed by atoms with Crippen LogP contribution in [0.25, 0.3) is 21.9 Å². The summed E-state index contributed by atoms with van der Waals surface area (Å²) in [6.45, 7) is 3.95. The lowest BCUT2D eigenvalue weighted by molar-refractivity contribution is 0.0950. The second-order valence-corrected chi connectivity index (χ2v) is 8.15. The summed E-state index contributed by atoms with van der Waals surface area (Å²) in [6, 6.07) is 6.94. The first-order valence-corrected chi connectivity index (χ1v) is 10.7. The van der Waals surface area contributed by atoms with E-state index < -0.39 is 0 Å². The molecule has 1 aromatic carbocycles. The number of fused-ring (bicyclic) bond motifs is 2. The molecule has 0 atom stereocenters. The molecule has 31 heavy (non-hydrogen) atoms. The molecule has 3 N–H and O–H groups in total. The lowest BCUT2D eigenvalue weighted by Crippen LogP contribution is -2.36. The minimum Gasteiger partial charge on any atom is -0.354 e. The number of carbonyl (C=O) groups is 1. The third-order valence-electron chi connectivity index (χ3n) is 5.89. The fourth-order valence-corrected chi connectivity index (χ4v) is 4.00. The van der Waals surface area contributed by atoms with E-state index in [1.165, 1.54) is 18.9 Å². The van der Waals surface area contributed by atoms with Gasteiger partial charge in [0.1, 0.15) is 29.3 Å². The van der Waals surface area contributed by atoms with Crippen molar-refractivity contribution in [3.05, 3.63) is 53.9 Å². The maximum absolute atomic E-state index is 14.0. The Hall–Kier alpha value is -3.42. The van der Waals surface area contributed by atoms with Gasteiger partial charge >= 0.3 is 0 Å². The monoisotopic (exact) mass is 420 g/mol. The Morgan fingerprint density at radius 3 is 2.97 bits per heavy atom. The van der Waals surface area contributed by atoms with E-state index in [0.29, 0.717) is 42.1 Å². The minimum absolute atomic E-state index is 0.199. The van der Waals surface area contributed by atoms with Crippen molar-refractivity contribution in [1.82, 2.24) is 25.3 Å². The average Bonchev–Trinajstić information content (AvgIpc) is 3.29. The zero-order valence-electron chi connectivity index (χ0n) is 17.4. The smallest absolute Gasteiger partial charge is 0.267 e. The standard InChI is InChI=1S/C23H25FN6O/c1-2-15-10-19-16(9-18(15)24)11-20(29-19)23(31)26-7-8-30(12-14-3-4-14)22-17-5-6-25-21(17)27-13-28-22/h5-6,9-11,13-14,29H,2-4,7-8,12H2,1H3,(H,26,31)(H,25,27,28). The average molecular weight is 420 g/mol. The van der Waals surface area contributed by atoms with Crippen molar-refractivity contribution in [1.29, 1.82) is 0 Å². The van der Waals surface area contributed by atoms with Crippen LogP contribution in [0.4, 0.5) is 10.2 Å². The molecule has 7 nitrogen and oxygen atoms in total. The van der Waals surface area contributed by atoms with Gasteiger partial charge in [-0.15, -0.1) is 0 Å². The van der Waals surface area contributed by atoms with Gasteiger partial charge in [-0.05, 0) is 55.0 Å². The molecular formula is C23H25FN6O. The molecule has 3 aromatic heterocycles. The van der Waals surface area contributed by atoms with Gasteiger partial charge in [0.15, 0.2) is 0 Å². The molecule has 1 amide bonds. The van der Waals surface area contributed by atoms with E-state index in [2.05, 4.69) is 30.2 Å². The number of nitrogens with zero attached hydrogens (tertiary/aromatic N) is 3. The second-order valence-electron chi connectivity index (χ2n) is 8.15. The molecule has 1 fully saturated rings. The Bertz CT molecular complexity index is 1240. The van der Waals surface area contributed by atoms with Crippen molar-refractivity contribution >= 4 is 33.7 Å². The Morgan fingerprint density at radius 2 is 2.16 bits per heavy atom. The molecule has 0 saturated heterocycles. The highest BCUT2D eigenvalue weighted by molar-refractivity contribution is 5.98. The van der Waals surface area contributed by atoms with Crippen molar-refractivity contribution in [3.8, 4) is 0 Å². The van der Waals surface area contributed by atoms with Gasteiger partial charge in [-0.3, -0.25) is 4.79 Å². The van der Waals surface area contributed by atoms with E-state index in [9.17, 15) is 9.18 Å². The Morgan fingerprint density at radius 1 is 1.29 bits per heavy atom. The SMILES string of the molecule is CCc1cc2[nH]c(C(=O)NCCN(CC3CC3)c3ncnc4[nH]ccc34)cc2cc1F. The molecule has 1 saturated carbocycles. The molecule has 0 bridgehead atoms. The van der Waals surface area contributed by atoms with Gasteiger partial charge in [0.05, 0.1) is 5.39 Å². The van der Waals surface area contributed by atoms with Crippen LogP contribution in [-0.4, -0.2) is 45.5 Å². The van der Waals surface area contributed by atoms with Crippen molar-refractivity contribution in [3.63, 3.8) is 0 Å². The third kappa shape index (κ3) is 3.97. The fourth-order valence-electron chi connectivity index (χ4n) is 4.00. The number of nitrogens with one attached hydrogen (secondary N) is 3. The van der Waals surface area contributed by atoms with E-state index in [-0.39, 0.29) is 11.7 Å². The molecule has 8 heteroatoms. The number of benzene rings is 1. The van der Waals surface area contributed by atoms with Gasteiger partial charge < -0.3 is 20.2 Å². The molecule has 1 aliphatic carbocycles. The van der Waals surface area contributed by atoms with E-state index in [0.717, 1.165) is 28.9 Å². The van der Waals surface area contributed by atoms with E-state index in [1.54, 1.807) is 18.5 Å². The van der Waals surface area contributed by atoms with Crippen LogP contribution in [0.3, 0.4) is 0 Å². The normalized spacial score (nSPS) is 13.7. The predicted octanol–water partition coefficient (Wildman–Crippen LogP) is 3.79. The van der Waals surface area contributed by atoms with Gasteiger partial charge in [0.2, 0.25) is 0 Å². The highest BCUT2D eigenvalue weighted by Crippen LogP contribution is 2.32. The number of amides is 1. The summed E-state index contributed by atoms with van der Waals surface area (Å²) in [5.74, 6) is 1.13. The van der Waals surface area contributed by atoms with Gasteiger partial charge in [-0.25, -0.2) is 14.4 Å². The number of aryl methyl sites for hydroxylation is 1. The van der Waals surface area contributed by atoms with Crippen LogP contribution in [0.5, 0.6) is 0 Å². The Labute approximate surface area is 179 Å². The first-order valence-electron chi connectivity index (χ1n) is 10.7. The molecule has 5 rings (SSSR count). The number of H-pyrrole nitrogens is 2. The first-order chi connectivity index (χ1) is 15.1. The lowest BCUT2D eigenvalue weighted by atomic mass is 10.1. The number of aromatic amines is 2. The quantitative estimate of drug-likeness (QED) is 0.405. The molecular weight excluding hydrogens is 395 g/mol. The summed E-state index contributed by atoms with van der Waals surface area (Å²) in [6.07, 6.45) is 6.51. The number of hydrogen-bond acceptors (Lipinski definition) is 4. The van der Waals surface area contributed by atoms with Gasteiger partial charge in [0, 0.05) is 36.7 Å². The van der Waals surface area contributed by atoms with Gasteiger partial charge in [-0.2, -0.15) is 0 Å². The van der Waals surface area contributed by atoms with Crippen molar-refractivity contribution < 1.29 is 9.18 Å². The largest absolute Gasteiger partial charge is 0.354 e. The molecule has 0 aliphatic heterocycles. The van der Waals surface area contributed by atoms with Crippen molar-refractivity contribution in [2.45, 2.75) is 26.2 Å². The number of hydrogen-bond donors (Lipinski definition) is 3. The van der Waals surface area contributed by atoms with E-state index in [1.807, 2.05) is 19.2 Å². The maximum Gasteiger partial charge on any atom is 0.267 e. The van der Waals surface area contributed by atoms with Crippen LogP contribution < -0.4 is 10.2 Å². The molecule has 0 spiro atoms. The fraction of sp³-hybridized carbons (Fsp3) is 0.348. The number of aromatic nitrogens is 4. The van der Waals surface area contributed by atoms with Crippen LogP contribution >= 0.6 is 0 Å². The summed E-state index contributed by atoms with van der Waals surface area (Å²) in [5.41, 5.74) is 2.66. The summed E-state index contributed by atoms with van der Waals surface area (Å²) in [7, 11) is 0. The summed E-state index contributed by atoms with van der Waals surface area (Å²) >= 11 is 0. The van der Waals surface area contributed by atoms with Gasteiger partial charge in [-0.1, -0.05) is 6.92 Å². The minimum atomic E-state index is -0.238. The predicted molar refractivity (Wildman–Crippen MR) is 119 cm³/mol. The number of carbonyl (C=O) groups excluding carboxylic acids is 1. The zero-order chi connectivity index (χ0) is 21.4. The summed E-state index contributed by atoms with van der Waals surface area (Å²) in [5, 5.41) is 4.67. The van der Waals surface area contributed by atoms with Crippen LogP contribution in [-0.2, 0) is 6.42 Å². The molecule has 1 aliphatic rings. The summed E-state index contributed by atoms with van der Waals surface area (Å²) < 4.78 is 14.0. The molecule has 0 radical (unpaired) electrons. The third-order valence-corrected chi connectivity index (χ3v) is 5.89. The first kappa shape index (κ1) is 19.5. The van der Waals surface area contributed by atoms with Crippen LogP contribution in [0.1, 0.15) is 35.8 Å². The van der Waals surface area contributed by atoms with Gasteiger partial charge in [0.25, 0.3) is 5.91 Å². The van der Waals surface area contributed by atoms with Crippen LogP contribution in [0.15, 0.2) is 36.8 Å². The van der Waals surface area contributed by atoms with Crippen LogP contribution in [0, 0.1) is 11.7 Å². The van der Waals surface area contributed by atoms with Crippen molar-refractivity contribution in [2.24, 2.45) is 5.92 Å². The topological polar surface area (TPSA) is 89.7 Å². The summed E-state index contributed by atoms with van der Waals surface area (Å²) in [4.78, 5) is 29.9. The Balaban J connectivity index is 1.28. The Kier molecular flexibility index (Phi) is 5.05. The highest BCUT2D eigenvalue weighted by Gasteiger charge is 2.26. The lowest BCUT2D eigenvalue weighted by Gasteiger charge is -2.24. The van der Waals surface area contributed by atoms with E-state index in [4.69, 9.17) is 0 Å². The molecule has 3 heterocycles. The number of anilines is 1. The second kappa shape index (κ2) is 8.02. The van der Waals surface area contributed by atoms with E-state index >= 15 is 0 Å². The van der Waals surface area contributed by atoms with Crippen molar-refractivity contribution in [2.75, 3.05) is 24.5 Å². The maximum atomic E-state index is 14.0.